The lowest BCUT2D eigenvalue weighted by Gasteiger charge is -2.07. The molecule has 90 valence electrons. The van der Waals surface area contributed by atoms with Crippen molar-refractivity contribution >= 4 is 11.6 Å². The molecule has 0 radical (unpaired) electrons. The van der Waals surface area contributed by atoms with Gasteiger partial charge in [-0.1, -0.05) is 29.8 Å². The molecule has 0 aliphatic carbocycles. The van der Waals surface area contributed by atoms with Gasteiger partial charge in [-0.3, -0.25) is 0 Å². The predicted molar refractivity (Wildman–Crippen MR) is 70.8 cm³/mol. The fourth-order valence-corrected chi connectivity index (χ4v) is 1.65. The minimum absolute atomic E-state index is 0.139. The molecule has 0 atom stereocenters. The van der Waals surface area contributed by atoms with E-state index in [0.29, 0.717) is 18.2 Å². The molecule has 0 aromatic heterocycles. The van der Waals surface area contributed by atoms with Gasteiger partial charge in [0, 0.05) is 11.8 Å². The van der Waals surface area contributed by atoms with E-state index in [2.05, 4.69) is 11.9 Å². The summed E-state index contributed by atoms with van der Waals surface area (Å²) in [5, 5.41) is 0. The highest BCUT2D eigenvalue weighted by Crippen LogP contribution is 2.19. The van der Waals surface area contributed by atoms with Crippen molar-refractivity contribution in [3.63, 3.8) is 0 Å². The average Bonchev–Trinajstić information content (AvgIpc) is 2.59. The van der Waals surface area contributed by atoms with Crippen LogP contribution in [0, 0.1) is 6.92 Å². The van der Waals surface area contributed by atoms with Gasteiger partial charge >= 0.3 is 0 Å². The Morgan fingerprint density at radius 2 is 2.00 bits per heavy atom. The molecule has 0 unspecified atom stereocenters. The quantitative estimate of drug-likeness (QED) is 0.848. The second-order valence-corrected chi connectivity index (χ2v) is 5.02. The minimum Gasteiger partial charge on any atom is -0.475 e. The molecular formula is C14H18N2O. The normalized spacial score (nSPS) is 18.8. The maximum Gasteiger partial charge on any atom is 0.211 e. The molecule has 2 N–H and O–H groups in total. The molecule has 1 aliphatic rings. The zero-order chi connectivity index (χ0) is 12.5. The van der Waals surface area contributed by atoms with Crippen LogP contribution in [-0.2, 0) is 4.74 Å². The molecule has 3 heteroatoms. The monoisotopic (exact) mass is 230 g/mol. The molecule has 2 rings (SSSR count). The van der Waals surface area contributed by atoms with E-state index in [-0.39, 0.29) is 5.54 Å². The van der Waals surface area contributed by atoms with E-state index in [1.54, 1.807) is 6.08 Å². The first-order valence-corrected chi connectivity index (χ1v) is 5.73. The van der Waals surface area contributed by atoms with Gasteiger partial charge in [-0.2, -0.15) is 0 Å². The number of nitrogens with two attached hydrogens (primary N) is 1. The van der Waals surface area contributed by atoms with Crippen molar-refractivity contribution in [2.45, 2.75) is 26.3 Å². The van der Waals surface area contributed by atoms with Gasteiger partial charge in [0.05, 0.1) is 5.54 Å². The number of aryl methyl sites for hydroxylation is 1. The van der Waals surface area contributed by atoms with Crippen molar-refractivity contribution in [1.82, 2.24) is 0 Å². The fourth-order valence-electron chi connectivity index (χ4n) is 1.65. The molecule has 0 amide bonds. The number of ether oxygens (including phenoxy) is 1. The first kappa shape index (κ1) is 11.7. The van der Waals surface area contributed by atoms with Gasteiger partial charge in [-0.05, 0) is 26.3 Å². The Hall–Kier alpha value is -1.77. The summed E-state index contributed by atoms with van der Waals surface area (Å²) in [6, 6.07) is 8.08. The molecule has 0 fully saturated rings. The number of aliphatic imine (C=N–C) groups is 1. The Kier molecular flexibility index (Phi) is 2.92. The van der Waals surface area contributed by atoms with E-state index in [1.807, 2.05) is 38.1 Å². The number of hydrogen-bond donors (Lipinski definition) is 1. The molecule has 0 saturated heterocycles. The number of nitrogens with zero attached hydrogens (tertiary/aromatic N) is 1. The number of benzene rings is 1. The third kappa shape index (κ3) is 2.87. The fraction of sp³-hybridized carbons (Fsp3) is 0.357. The molecule has 0 saturated carbocycles. The van der Waals surface area contributed by atoms with Crippen molar-refractivity contribution in [1.29, 1.82) is 0 Å². The summed E-state index contributed by atoms with van der Waals surface area (Å²) >= 11 is 0. The van der Waals surface area contributed by atoms with Crippen molar-refractivity contribution in [2.75, 3.05) is 6.61 Å². The van der Waals surface area contributed by atoms with Crippen LogP contribution in [-0.4, -0.2) is 18.0 Å². The molecule has 17 heavy (non-hydrogen) atoms. The van der Waals surface area contributed by atoms with Gasteiger partial charge in [0.2, 0.25) is 5.90 Å². The standard InChI is InChI=1S/C14H18N2O/c1-10-4-6-11(7-5-10)12(15)8-13-16-14(2,3)9-17-13/h4-8H,9,15H2,1-3H3. The lowest BCUT2D eigenvalue weighted by atomic mass is 10.1. The smallest absolute Gasteiger partial charge is 0.211 e. The highest BCUT2D eigenvalue weighted by Gasteiger charge is 2.25. The van der Waals surface area contributed by atoms with Crippen LogP contribution >= 0.6 is 0 Å². The van der Waals surface area contributed by atoms with E-state index in [1.165, 1.54) is 5.56 Å². The third-order valence-electron chi connectivity index (χ3n) is 2.65. The van der Waals surface area contributed by atoms with Crippen LogP contribution in [0.25, 0.3) is 5.70 Å². The van der Waals surface area contributed by atoms with Crippen molar-refractivity contribution in [3.8, 4) is 0 Å². The third-order valence-corrected chi connectivity index (χ3v) is 2.65. The number of rotatable bonds is 2. The predicted octanol–water partition coefficient (Wildman–Crippen LogP) is 2.50. The second kappa shape index (κ2) is 4.24. The Bertz CT molecular complexity index is 470. The van der Waals surface area contributed by atoms with E-state index < -0.39 is 0 Å². The molecule has 1 aromatic carbocycles. The summed E-state index contributed by atoms with van der Waals surface area (Å²) in [7, 11) is 0. The summed E-state index contributed by atoms with van der Waals surface area (Å²) in [4.78, 5) is 4.44. The van der Waals surface area contributed by atoms with Gasteiger partial charge in [0.15, 0.2) is 0 Å². The average molecular weight is 230 g/mol. The summed E-state index contributed by atoms with van der Waals surface area (Å²) in [5.74, 6) is 0.619. The second-order valence-electron chi connectivity index (χ2n) is 5.02. The van der Waals surface area contributed by atoms with E-state index in [0.717, 1.165) is 5.56 Å². The first-order valence-electron chi connectivity index (χ1n) is 5.73. The molecular weight excluding hydrogens is 212 g/mol. The van der Waals surface area contributed by atoms with Crippen LogP contribution in [0.4, 0.5) is 0 Å². The topological polar surface area (TPSA) is 47.6 Å². The molecule has 0 bridgehead atoms. The van der Waals surface area contributed by atoms with Crippen LogP contribution in [0.5, 0.6) is 0 Å². The molecule has 1 aliphatic heterocycles. The van der Waals surface area contributed by atoms with Crippen LogP contribution in [0.15, 0.2) is 35.3 Å². The maximum atomic E-state index is 6.01. The lowest BCUT2D eigenvalue weighted by Crippen LogP contribution is -2.17. The van der Waals surface area contributed by atoms with Crippen LogP contribution in [0.2, 0.25) is 0 Å². The minimum atomic E-state index is -0.139. The maximum absolute atomic E-state index is 6.01. The Morgan fingerprint density at radius 1 is 1.35 bits per heavy atom. The largest absolute Gasteiger partial charge is 0.475 e. The summed E-state index contributed by atoms with van der Waals surface area (Å²) < 4.78 is 5.48. The van der Waals surface area contributed by atoms with Crippen molar-refractivity contribution in [2.24, 2.45) is 10.7 Å². The van der Waals surface area contributed by atoms with E-state index in [9.17, 15) is 0 Å². The van der Waals surface area contributed by atoms with Gasteiger partial charge in [-0.15, -0.1) is 0 Å². The summed E-state index contributed by atoms with van der Waals surface area (Å²) in [6.45, 7) is 6.74. The highest BCUT2D eigenvalue weighted by molar-refractivity contribution is 5.95. The van der Waals surface area contributed by atoms with Crippen molar-refractivity contribution in [3.05, 3.63) is 41.5 Å². The molecule has 1 aromatic rings. The summed E-state index contributed by atoms with van der Waals surface area (Å²) in [5.41, 5.74) is 8.77. The molecule has 1 heterocycles. The molecule has 3 nitrogen and oxygen atoms in total. The summed E-state index contributed by atoms with van der Waals surface area (Å²) in [6.07, 6.45) is 1.79. The highest BCUT2D eigenvalue weighted by atomic mass is 16.5. The van der Waals surface area contributed by atoms with Gasteiger partial charge in [0.25, 0.3) is 0 Å². The first-order chi connectivity index (χ1) is 7.96. The number of hydrogen-bond acceptors (Lipinski definition) is 3. The SMILES string of the molecule is Cc1ccc(C(N)=CC2=NC(C)(C)CO2)cc1. The Balaban J connectivity index is 2.20. The van der Waals surface area contributed by atoms with Gasteiger partial charge in [-0.25, -0.2) is 4.99 Å². The van der Waals surface area contributed by atoms with Gasteiger partial charge < -0.3 is 10.5 Å². The zero-order valence-electron chi connectivity index (χ0n) is 10.5. The molecule has 0 spiro atoms. The van der Waals surface area contributed by atoms with Crippen molar-refractivity contribution < 1.29 is 4.74 Å². The van der Waals surface area contributed by atoms with Crippen LogP contribution < -0.4 is 5.73 Å². The Labute approximate surface area is 102 Å². The zero-order valence-corrected chi connectivity index (χ0v) is 10.5. The van der Waals surface area contributed by atoms with Crippen LogP contribution in [0.1, 0.15) is 25.0 Å². The lowest BCUT2D eigenvalue weighted by molar-refractivity contribution is 0.280. The van der Waals surface area contributed by atoms with E-state index >= 15 is 0 Å². The van der Waals surface area contributed by atoms with E-state index in [4.69, 9.17) is 10.5 Å². The van der Waals surface area contributed by atoms with Gasteiger partial charge in [0.1, 0.15) is 6.61 Å². The van der Waals surface area contributed by atoms with Crippen LogP contribution in [0.3, 0.4) is 0 Å². The Morgan fingerprint density at radius 3 is 2.53 bits per heavy atom.